The molecule has 2 saturated heterocycles. The van der Waals surface area contributed by atoms with Crippen LogP contribution < -0.4 is 10.1 Å². The lowest BCUT2D eigenvalue weighted by molar-refractivity contribution is -0.138. The molecule has 2 fully saturated rings. The van der Waals surface area contributed by atoms with Gasteiger partial charge in [0.2, 0.25) is 11.8 Å². The van der Waals surface area contributed by atoms with Crippen LogP contribution in [0.5, 0.6) is 5.88 Å². The van der Waals surface area contributed by atoms with E-state index in [1.807, 2.05) is 13.8 Å². The number of amides is 1. The number of nitrogens with one attached hydrogen (secondary N) is 1. The Morgan fingerprint density at radius 3 is 2.47 bits per heavy atom. The number of benzene rings is 1. The van der Waals surface area contributed by atoms with Crippen LogP contribution in [0.3, 0.4) is 0 Å². The molecular weight excluding hydrogens is 589 g/mol. The molecule has 13 heteroatoms. The van der Waals surface area contributed by atoms with Crippen molar-refractivity contribution in [3.8, 4) is 5.88 Å². The fraction of sp³-hybridized carbons (Fsp3) is 0.562. The minimum Gasteiger partial charge on any atom is -0.481 e. The summed E-state index contributed by atoms with van der Waals surface area (Å²) in [6.07, 6.45) is 2.21. The lowest BCUT2D eigenvalue weighted by Gasteiger charge is -2.38. The maximum Gasteiger partial charge on any atom is 0.278 e. The van der Waals surface area contributed by atoms with Crippen molar-refractivity contribution in [3.05, 3.63) is 53.1 Å². The van der Waals surface area contributed by atoms with E-state index in [0.717, 1.165) is 0 Å². The number of carbonyl (C=O) groups is 1. The van der Waals surface area contributed by atoms with Crippen molar-refractivity contribution >= 4 is 22.8 Å². The minimum absolute atomic E-state index is 0.0693. The number of alkyl halides is 2. The van der Waals surface area contributed by atoms with Crippen molar-refractivity contribution in [1.82, 2.24) is 24.8 Å². The third-order valence-electron chi connectivity index (χ3n) is 9.34. The topological polar surface area (TPSA) is 124 Å². The molecule has 2 aromatic heterocycles. The van der Waals surface area contributed by atoms with Crippen molar-refractivity contribution in [1.29, 1.82) is 0 Å². The first-order valence-corrected chi connectivity index (χ1v) is 15.4. The molecule has 0 radical (unpaired) electrons. The number of aromatic nitrogens is 3. The minimum atomic E-state index is -3.33. The second-order valence-corrected chi connectivity index (χ2v) is 12.3. The molecule has 0 aliphatic carbocycles. The Balaban J connectivity index is 1.42. The summed E-state index contributed by atoms with van der Waals surface area (Å²) in [5.74, 6) is -5.22. The third-order valence-corrected chi connectivity index (χ3v) is 9.34. The quantitative estimate of drug-likeness (QED) is 0.317. The summed E-state index contributed by atoms with van der Waals surface area (Å²) >= 11 is 0. The highest BCUT2D eigenvalue weighted by atomic mass is 19.3. The van der Waals surface area contributed by atoms with Crippen LogP contribution in [0.1, 0.15) is 69.2 Å². The Labute approximate surface area is 260 Å². The number of pyridine rings is 1. The number of methoxy groups -OCH3 is 1. The molecule has 1 aromatic carbocycles. The van der Waals surface area contributed by atoms with E-state index in [1.165, 1.54) is 36.5 Å². The summed E-state index contributed by atoms with van der Waals surface area (Å²) < 4.78 is 52.9. The number of rotatable bonds is 9. The number of hydrogen-bond donors (Lipinski definition) is 3. The van der Waals surface area contributed by atoms with Crippen LogP contribution in [0.25, 0.3) is 11.0 Å². The van der Waals surface area contributed by atoms with E-state index in [9.17, 15) is 15.0 Å². The SMILES string of the molecule is COc1nc2ncnc(N[C@H](C)c3cccc(C(F)(F)C4CCN(C(C)C)CC4)c3F)c2cc1C1(O)CCN(C(=O)CO)CC1. The molecule has 0 spiro atoms. The molecule has 4 heterocycles. The van der Waals surface area contributed by atoms with Crippen LogP contribution in [0.4, 0.5) is 19.0 Å². The van der Waals surface area contributed by atoms with Gasteiger partial charge >= 0.3 is 0 Å². The summed E-state index contributed by atoms with van der Waals surface area (Å²) in [5, 5.41) is 24.4. The molecule has 2 aliphatic heterocycles. The summed E-state index contributed by atoms with van der Waals surface area (Å²) in [6, 6.07) is 5.27. The molecule has 3 aromatic rings. The fourth-order valence-corrected chi connectivity index (χ4v) is 6.49. The Morgan fingerprint density at radius 1 is 1.16 bits per heavy atom. The van der Waals surface area contributed by atoms with Gasteiger partial charge < -0.3 is 30.1 Å². The number of nitrogens with zero attached hydrogens (tertiary/aromatic N) is 5. The Morgan fingerprint density at radius 2 is 1.84 bits per heavy atom. The second kappa shape index (κ2) is 13.1. The zero-order valence-corrected chi connectivity index (χ0v) is 26.1. The van der Waals surface area contributed by atoms with E-state index in [0.29, 0.717) is 24.0 Å². The second-order valence-electron chi connectivity index (χ2n) is 12.3. The van der Waals surface area contributed by atoms with Gasteiger partial charge in [-0.3, -0.25) is 4.79 Å². The van der Waals surface area contributed by atoms with Crippen LogP contribution >= 0.6 is 0 Å². The maximum atomic E-state index is 15.9. The summed E-state index contributed by atoms with van der Waals surface area (Å²) in [7, 11) is 1.42. The smallest absolute Gasteiger partial charge is 0.278 e. The third kappa shape index (κ3) is 6.43. The maximum absolute atomic E-state index is 15.9. The van der Waals surface area contributed by atoms with Crippen molar-refractivity contribution in [2.45, 2.75) is 70.1 Å². The average molecular weight is 631 g/mol. The van der Waals surface area contributed by atoms with E-state index < -0.39 is 47.4 Å². The number of fused-ring (bicyclic) bond motifs is 1. The molecule has 45 heavy (non-hydrogen) atoms. The summed E-state index contributed by atoms with van der Waals surface area (Å²) in [5.41, 5.74) is -1.30. The van der Waals surface area contributed by atoms with E-state index in [-0.39, 0.29) is 67.7 Å². The summed E-state index contributed by atoms with van der Waals surface area (Å²) in [6.45, 7) is 6.68. The van der Waals surface area contributed by atoms with E-state index in [4.69, 9.17) is 4.74 Å². The van der Waals surface area contributed by atoms with Gasteiger partial charge in [0.05, 0.1) is 29.7 Å². The standard InChI is InChI=1S/C32H41F3N6O4/c1-19(2)40-12-8-21(9-13-40)32(34,35)24-7-5-6-22(27(24)33)20(3)38-28-23-16-25(30(45-4)39-29(23)37-18-36-28)31(44)10-14-41(15-11-31)26(43)17-42/h5-7,16,18-21,42,44H,8-15,17H2,1-4H3,(H,36,37,38,39)/t20-/m1/s1. The number of piperidine rings is 2. The van der Waals surface area contributed by atoms with Gasteiger partial charge in [0.1, 0.15) is 24.6 Å². The molecule has 0 bridgehead atoms. The Kier molecular flexibility index (Phi) is 9.52. The number of anilines is 1. The van der Waals surface area contributed by atoms with Crippen LogP contribution in [0.15, 0.2) is 30.6 Å². The highest BCUT2D eigenvalue weighted by Gasteiger charge is 2.45. The van der Waals surface area contributed by atoms with Crippen LogP contribution in [-0.4, -0.2) is 86.8 Å². The van der Waals surface area contributed by atoms with Crippen LogP contribution in [0.2, 0.25) is 0 Å². The fourth-order valence-electron chi connectivity index (χ4n) is 6.49. The van der Waals surface area contributed by atoms with E-state index in [1.54, 1.807) is 13.0 Å². The first-order valence-electron chi connectivity index (χ1n) is 15.4. The lowest BCUT2D eigenvalue weighted by atomic mass is 9.84. The first-order chi connectivity index (χ1) is 21.4. The highest BCUT2D eigenvalue weighted by Crippen LogP contribution is 2.44. The number of carbonyl (C=O) groups excluding carboxylic acids is 1. The van der Waals surface area contributed by atoms with Gasteiger partial charge in [-0.2, -0.15) is 4.98 Å². The van der Waals surface area contributed by atoms with Crippen molar-refractivity contribution < 1.29 is 32.9 Å². The van der Waals surface area contributed by atoms with E-state index in [2.05, 4.69) is 25.2 Å². The normalized spacial score (nSPS) is 18.8. The predicted molar refractivity (Wildman–Crippen MR) is 162 cm³/mol. The molecule has 5 rings (SSSR count). The number of hydrogen-bond acceptors (Lipinski definition) is 9. The van der Waals surface area contributed by atoms with Crippen molar-refractivity contribution in [2.24, 2.45) is 5.92 Å². The molecule has 2 aliphatic rings. The van der Waals surface area contributed by atoms with Crippen LogP contribution in [-0.2, 0) is 16.3 Å². The molecule has 1 atom stereocenters. The highest BCUT2D eigenvalue weighted by molar-refractivity contribution is 5.87. The number of likely N-dealkylation sites (tertiary alicyclic amines) is 2. The van der Waals surface area contributed by atoms with Gasteiger partial charge in [-0.15, -0.1) is 0 Å². The first kappa shape index (κ1) is 32.8. The molecule has 0 saturated carbocycles. The molecular formula is C32H41F3N6O4. The van der Waals surface area contributed by atoms with Gasteiger partial charge in [-0.25, -0.2) is 23.1 Å². The van der Waals surface area contributed by atoms with Gasteiger partial charge in [0.25, 0.3) is 5.92 Å². The number of halogens is 3. The van der Waals surface area contributed by atoms with Gasteiger partial charge in [-0.05, 0) is 65.6 Å². The molecule has 244 valence electrons. The number of aliphatic hydroxyl groups excluding tert-OH is 1. The molecule has 3 N–H and O–H groups in total. The zero-order chi connectivity index (χ0) is 32.5. The van der Waals surface area contributed by atoms with E-state index >= 15 is 13.2 Å². The molecule has 1 amide bonds. The van der Waals surface area contributed by atoms with Crippen molar-refractivity contribution in [3.63, 3.8) is 0 Å². The van der Waals surface area contributed by atoms with Gasteiger partial charge in [0, 0.05) is 36.2 Å². The number of ether oxygens (including phenoxy) is 1. The summed E-state index contributed by atoms with van der Waals surface area (Å²) in [4.78, 5) is 28.7. The lowest BCUT2D eigenvalue weighted by Crippen LogP contribution is -2.46. The van der Waals surface area contributed by atoms with Crippen LogP contribution in [0, 0.1) is 11.7 Å². The van der Waals surface area contributed by atoms with Gasteiger partial charge in [-0.1, -0.05) is 18.2 Å². The Bertz CT molecular complexity index is 1520. The molecule has 0 unspecified atom stereocenters. The van der Waals surface area contributed by atoms with Crippen molar-refractivity contribution in [2.75, 3.05) is 45.2 Å². The monoisotopic (exact) mass is 630 g/mol. The van der Waals surface area contributed by atoms with Gasteiger partial charge in [0.15, 0.2) is 5.65 Å². The number of aliphatic hydroxyl groups is 2. The predicted octanol–water partition coefficient (Wildman–Crippen LogP) is 4.36. The average Bonchev–Trinajstić information content (AvgIpc) is 3.04. The zero-order valence-electron chi connectivity index (χ0n) is 26.1. The molecule has 10 nitrogen and oxygen atoms in total. The largest absolute Gasteiger partial charge is 0.481 e. The Hall–Kier alpha value is -3.55.